The van der Waals surface area contributed by atoms with Crippen LogP contribution in [0.2, 0.25) is 0 Å². The topological polar surface area (TPSA) is 80.5 Å². The molecule has 3 aromatic rings. The normalized spacial score (nSPS) is 16.2. The highest BCUT2D eigenvalue weighted by atomic mass is 32.1. The van der Waals surface area contributed by atoms with E-state index in [1.165, 1.54) is 9.75 Å². The molecule has 0 bridgehead atoms. The summed E-state index contributed by atoms with van der Waals surface area (Å²) in [5.74, 6) is 0.295. The molecule has 166 valence electrons. The van der Waals surface area contributed by atoms with E-state index in [0.717, 1.165) is 37.6 Å². The van der Waals surface area contributed by atoms with Crippen LogP contribution < -0.4 is 5.32 Å². The Balaban J connectivity index is 1.63. The standard InChI is InChI=1S/C23H30N4O3S/c1-13(2)20(27-6-8-29-9-7-27)12-24-22(28)18-11-19(17-10-14(3)31-16(17)5)25-23-21(18)15(4)26-30-23/h10-11,13,20H,6-9,12H2,1-5H3,(H,24,28). The summed E-state index contributed by atoms with van der Waals surface area (Å²) in [5.41, 5.74) is 3.40. The van der Waals surface area contributed by atoms with Crippen molar-refractivity contribution in [1.29, 1.82) is 0 Å². The van der Waals surface area contributed by atoms with Gasteiger partial charge in [-0.05, 0) is 38.8 Å². The van der Waals surface area contributed by atoms with Crippen LogP contribution in [0.5, 0.6) is 0 Å². The maximum atomic E-state index is 13.3. The van der Waals surface area contributed by atoms with Crippen LogP contribution in [0, 0.1) is 26.7 Å². The number of thiophene rings is 1. The molecule has 1 saturated heterocycles. The van der Waals surface area contributed by atoms with Crippen molar-refractivity contribution in [2.75, 3.05) is 32.8 Å². The molecule has 1 fully saturated rings. The van der Waals surface area contributed by atoms with Crippen LogP contribution in [0.4, 0.5) is 0 Å². The molecule has 8 heteroatoms. The average molecular weight is 443 g/mol. The third-order valence-corrected chi connectivity index (χ3v) is 6.90. The Bertz CT molecular complexity index is 1080. The van der Waals surface area contributed by atoms with Crippen molar-refractivity contribution in [1.82, 2.24) is 20.4 Å². The van der Waals surface area contributed by atoms with Gasteiger partial charge in [0.15, 0.2) is 0 Å². The van der Waals surface area contributed by atoms with Gasteiger partial charge in [0.2, 0.25) is 0 Å². The number of nitrogens with one attached hydrogen (secondary N) is 1. The molecular weight excluding hydrogens is 412 g/mol. The molecule has 3 aromatic heterocycles. The van der Waals surface area contributed by atoms with E-state index in [1.807, 2.05) is 13.0 Å². The molecule has 1 atom stereocenters. The number of carbonyl (C=O) groups excluding carboxylic acids is 1. The second kappa shape index (κ2) is 9.06. The number of aromatic nitrogens is 2. The highest BCUT2D eigenvalue weighted by Crippen LogP contribution is 2.32. The van der Waals surface area contributed by atoms with Crippen molar-refractivity contribution in [3.8, 4) is 11.3 Å². The molecule has 0 radical (unpaired) electrons. The smallest absolute Gasteiger partial charge is 0.259 e. The van der Waals surface area contributed by atoms with E-state index >= 15 is 0 Å². The Morgan fingerprint density at radius 3 is 2.61 bits per heavy atom. The molecule has 4 rings (SSSR count). The summed E-state index contributed by atoms with van der Waals surface area (Å²) in [5, 5.41) is 7.91. The molecule has 0 aliphatic carbocycles. The minimum absolute atomic E-state index is 0.122. The molecule has 7 nitrogen and oxygen atoms in total. The van der Waals surface area contributed by atoms with E-state index in [1.54, 1.807) is 11.3 Å². The van der Waals surface area contributed by atoms with E-state index in [0.29, 0.717) is 34.8 Å². The number of rotatable bonds is 6. The van der Waals surface area contributed by atoms with Crippen LogP contribution in [0.15, 0.2) is 16.7 Å². The quantitative estimate of drug-likeness (QED) is 0.622. The zero-order valence-corrected chi connectivity index (χ0v) is 19.6. The van der Waals surface area contributed by atoms with Crippen molar-refractivity contribution >= 4 is 28.3 Å². The minimum atomic E-state index is -0.122. The summed E-state index contributed by atoms with van der Waals surface area (Å²) >= 11 is 1.72. The number of fused-ring (bicyclic) bond motifs is 1. The van der Waals surface area contributed by atoms with Crippen molar-refractivity contribution in [2.45, 2.75) is 40.7 Å². The van der Waals surface area contributed by atoms with E-state index < -0.39 is 0 Å². The average Bonchev–Trinajstić information content (AvgIpc) is 3.29. The van der Waals surface area contributed by atoms with Crippen molar-refractivity contribution < 1.29 is 14.1 Å². The molecule has 1 aliphatic heterocycles. The molecule has 0 aromatic carbocycles. The fraction of sp³-hybridized carbons (Fsp3) is 0.522. The van der Waals surface area contributed by atoms with Crippen LogP contribution in [0.3, 0.4) is 0 Å². The van der Waals surface area contributed by atoms with Crippen molar-refractivity contribution in [3.63, 3.8) is 0 Å². The SMILES string of the molecule is Cc1cc(-c2cc(C(=O)NCC(C(C)C)N3CCOCC3)c3c(C)noc3n2)c(C)s1. The first-order valence-corrected chi connectivity index (χ1v) is 11.6. The van der Waals surface area contributed by atoms with Crippen LogP contribution in [0.25, 0.3) is 22.4 Å². The van der Waals surface area contributed by atoms with Crippen LogP contribution in [0.1, 0.15) is 39.7 Å². The lowest BCUT2D eigenvalue weighted by atomic mass is 10.0. The lowest BCUT2D eigenvalue weighted by molar-refractivity contribution is 0.00673. The second-order valence-electron chi connectivity index (χ2n) is 8.50. The first-order chi connectivity index (χ1) is 14.8. The summed E-state index contributed by atoms with van der Waals surface area (Å²) in [4.78, 5) is 22.8. The predicted molar refractivity (Wildman–Crippen MR) is 123 cm³/mol. The number of ether oxygens (including phenoxy) is 1. The third kappa shape index (κ3) is 4.51. The number of morpholine rings is 1. The summed E-state index contributed by atoms with van der Waals surface area (Å²) in [7, 11) is 0. The lowest BCUT2D eigenvalue weighted by Gasteiger charge is -2.36. The number of amides is 1. The summed E-state index contributed by atoms with van der Waals surface area (Å²) in [6.07, 6.45) is 0. The number of hydrogen-bond acceptors (Lipinski definition) is 7. The highest BCUT2D eigenvalue weighted by Gasteiger charge is 2.26. The molecule has 1 unspecified atom stereocenters. The Hall–Kier alpha value is -2.29. The van der Waals surface area contributed by atoms with E-state index in [-0.39, 0.29) is 11.9 Å². The summed E-state index contributed by atoms with van der Waals surface area (Å²) in [6, 6.07) is 4.23. The van der Waals surface area contributed by atoms with E-state index in [2.05, 4.69) is 54.1 Å². The maximum Gasteiger partial charge on any atom is 0.259 e. The number of nitrogens with zero attached hydrogens (tertiary/aromatic N) is 3. The van der Waals surface area contributed by atoms with Gasteiger partial charge in [0.05, 0.1) is 35.6 Å². The second-order valence-corrected chi connectivity index (χ2v) is 9.96. The molecule has 1 aliphatic rings. The van der Waals surface area contributed by atoms with Crippen molar-refractivity contribution in [3.05, 3.63) is 33.1 Å². The molecule has 31 heavy (non-hydrogen) atoms. The number of pyridine rings is 1. The minimum Gasteiger partial charge on any atom is -0.379 e. The van der Waals surface area contributed by atoms with Gasteiger partial charge >= 0.3 is 0 Å². The van der Waals surface area contributed by atoms with Crippen LogP contribution >= 0.6 is 11.3 Å². The van der Waals surface area contributed by atoms with Gasteiger partial charge in [-0.3, -0.25) is 9.69 Å². The Morgan fingerprint density at radius 2 is 1.97 bits per heavy atom. The van der Waals surface area contributed by atoms with Gasteiger partial charge in [0, 0.05) is 41.0 Å². The Morgan fingerprint density at radius 1 is 1.23 bits per heavy atom. The first-order valence-electron chi connectivity index (χ1n) is 10.8. The van der Waals surface area contributed by atoms with Gasteiger partial charge < -0.3 is 14.6 Å². The Kier molecular flexibility index (Phi) is 6.41. The van der Waals surface area contributed by atoms with Crippen LogP contribution in [-0.2, 0) is 4.74 Å². The first kappa shape index (κ1) is 21.9. The molecule has 0 saturated carbocycles. The Labute approximate surface area is 186 Å². The number of carbonyl (C=O) groups is 1. The summed E-state index contributed by atoms with van der Waals surface area (Å²) < 4.78 is 10.9. The van der Waals surface area contributed by atoms with Gasteiger partial charge in [0.25, 0.3) is 11.6 Å². The van der Waals surface area contributed by atoms with Crippen molar-refractivity contribution in [2.24, 2.45) is 5.92 Å². The third-order valence-electron chi connectivity index (χ3n) is 5.93. The molecular formula is C23H30N4O3S. The van der Waals surface area contributed by atoms with Gasteiger partial charge in [-0.15, -0.1) is 11.3 Å². The van der Waals surface area contributed by atoms with E-state index in [9.17, 15) is 4.79 Å². The molecule has 0 spiro atoms. The molecule has 4 heterocycles. The monoisotopic (exact) mass is 442 g/mol. The van der Waals surface area contributed by atoms with Gasteiger partial charge in [-0.1, -0.05) is 19.0 Å². The van der Waals surface area contributed by atoms with Gasteiger partial charge in [-0.25, -0.2) is 4.98 Å². The maximum absolute atomic E-state index is 13.3. The largest absolute Gasteiger partial charge is 0.379 e. The summed E-state index contributed by atoms with van der Waals surface area (Å²) in [6.45, 7) is 14.2. The zero-order chi connectivity index (χ0) is 22.1. The number of aryl methyl sites for hydroxylation is 3. The predicted octanol–water partition coefficient (Wildman–Crippen LogP) is 3.96. The fourth-order valence-corrected chi connectivity index (χ4v) is 5.22. The number of hydrogen-bond donors (Lipinski definition) is 1. The molecule has 1 N–H and O–H groups in total. The fourth-order valence-electron chi connectivity index (χ4n) is 4.28. The van der Waals surface area contributed by atoms with Gasteiger partial charge in [0.1, 0.15) is 0 Å². The van der Waals surface area contributed by atoms with Crippen LogP contribution in [-0.4, -0.2) is 59.8 Å². The van der Waals surface area contributed by atoms with Gasteiger partial charge in [-0.2, -0.15) is 0 Å². The highest BCUT2D eigenvalue weighted by molar-refractivity contribution is 7.12. The van der Waals surface area contributed by atoms with E-state index in [4.69, 9.17) is 9.26 Å². The lowest BCUT2D eigenvalue weighted by Crippen LogP contribution is -2.51. The molecule has 1 amide bonds. The zero-order valence-electron chi connectivity index (χ0n) is 18.8.